The van der Waals surface area contributed by atoms with E-state index in [1.807, 2.05) is 56.3 Å². The summed E-state index contributed by atoms with van der Waals surface area (Å²) in [6.45, 7) is 4.04. The van der Waals surface area contributed by atoms with Crippen LogP contribution in [0, 0.1) is 13.8 Å². The SMILES string of the molecule is Cc1ccc(NC(=O)COc2ccccc2Br)cc1C. The quantitative estimate of drug-likeness (QED) is 0.915. The number of aryl methyl sites for hydroxylation is 2. The average Bonchev–Trinajstić information content (AvgIpc) is 2.42. The summed E-state index contributed by atoms with van der Waals surface area (Å²) in [5.41, 5.74) is 3.14. The van der Waals surface area contributed by atoms with Gasteiger partial charge in [0.25, 0.3) is 5.91 Å². The van der Waals surface area contributed by atoms with Crippen molar-refractivity contribution in [2.45, 2.75) is 13.8 Å². The molecule has 0 aliphatic carbocycles. The van der Waals surface area contributed by atoms with Crippen molar-refractivity contribution in [2.75, 3.05) is 11.9 Å². The third kappa shape index (κ3) is 3.84. The predicted octanol–water partition coefficient (Wildman–Crippen LogP) is 4.08. The molecule has 0 radical (unpaired) electrons. The van der Waals surface area contributed by atoms with E-state index in [-0.39, 0.29) is 12.5 Å². The smallest absolute Gasteiger partial charge is 0.262 e. The molecule has 4 heteroatoms. The van der Waals surface area contributed by atoms with Crippen molar-refractivity contribution in [3.8, 4) is 5.75 Å². The van der Waals surface area contributed by atoms with Crippen molar-refractivity contribution >= 4 is 27.5 Å². The number of benzene rings is 2. The number of carbonyl (C=O) groups is 1. The third-order valence-corrected chi connectivity index (χ3v) is 3.64. The zero-order chi connectivity index (χ0) is 14.5. The van der Waals surface area contributed by atoms with Gasteiger partial charge in [0, 0.05) is 5.69 Å². The minimum absolute atomic E-state index is 0.0183. The highest BCUT2D eigenvalue weighted by atomic mass is 79.9. The molecule has 0 saturated heterocycles. The molecule has 0 atom stereocenters. The van der Waals surface area contributed by atoms with E-state index < -0.39 is 0 Å². The number of anilines is 1. The molecule has 0 unspecified atom stereocenters. The van der Waals surface area contributed by atoms with E-state index in [0.717, 1.165) is 15.7 Å². The molecule has 0 bridgehead atoms. The van der Waals surface area contributed by atoms with Crippen LogP contribution in [0.1, 0.15) is 11.1 Å². The second-order valence-electron chi connectivity index (χ2n) is 4.57. The molecular weight excluding hydrogens is 318 g/mol. The van der Waals surface area contributed by atoms with E-state index in [1.54, 1.807) is 0 Å². The zero-order valence-corrected chi connectivity index (χ0v) is 13.0. The number of hydrogen-bond donors (Lipinski definition) is 1. The molecule has 3 nitrogen and oxygen atoms in total. The van der Waals surface area contributed by atoms with E-state index >= 15 is 0 Å². The molecule has 1 amide bonds. The lowest BCUT2D eigenvalue weighted by atomic mass is 10.1. The predicted molar refractivity (Wildman–Crippen MR) is 84.2 cm³/mol. The molecule has 2 aromatic rings. The number of hydrogen-bond acceptors (Lipinski definition) is 2. The van der Waals surface area contributed by atoms with Gasteiger partial charge in [-0.15, -0.1) is 0 Å². The van der Waals surface area contributed by atoms with Gasteiger partial charge in [-0.1, -0.05) is 18.2 Å². The Morgan fingerprint density at radius 2 is 1.90 bits per heavy atom. The Morgan fingerprint density at radius 3 is 2.60 bits per heavy atom. The van der Waals surface area contributed by atoms with E-state index in [9.17, 15) is 4.79 Å². The molecule has 0 aromatic heterocycles. The largest absolute Gasteiger partial charge is 0.483 e. The van der Waals surface area contributed by atoms with Crippen LogP contribution in [0.2, 0.25) is 0 Å². The maximum atomic E-state index is 11.8. The van der Waals surface area contributed by atoms with Gasteiger partial charge in [0.1, 0.15) is 5.75 Å². The van der Waals surface area contributed by atoms with E-state index in [1.165, 1.54) is 5.56 Å². The van der Waals surface area contributed by atoms with E-state index in [4.69, 9.17) is 4.74 Å². The van der Waals surface area contributed by atoms with Crippen molar-refractivity contribution in [3.63, 3.8) is 0 Å². The molecule has 0 saturated carbocycles. The third-order valence-electron chi connectivity index (χ3n) is 2.99. The summed E-state index contributed by atoms with van der Waals surface area (Å²) in [7, 11) is 0. The van der Waals surface area contributed by atoms with E-state index in [2.05, 4.69) is 21.2 Å². The summed E-state index contributed by atoms with van der Waals surface area (Å²) < 4.78 is 6.30. The van der Waals surface area contributed by atoms with Crippen LogP contribution in [0.3, 0.4) is 0 Å². The highest BCUT2D eigenvalue weighted by Gasteiger charge is 2.06. The summed E-state index contributed by atoms with van der Waals surface area (Å²) in [5.74, 6) is 0.478. The average molecular weight is 334 g/mol. The minimum Gasteiger partial charge on any atom is -0.483 e. The Kier molecular flexibility index (Phi) is 4.79. The van der Waals surface area contributed by atoms with E-state index in [0.29, 0.717) is 5.75 Å². The van der Waals surface area contributed by atoms with Gasteiger partial charge in [-0.3, -0.25) is 4.79 Å². The number of amides is 1. The van der Waals surface area contributed by atoms with Crippen LogP contribution in [-0.4, -0.2) is 12.5 Å². The number of halogens is 1. The van der Waals surface area contributed by atoms with Gasteiger partial charge in [0.2, 0.25) is 0 Å². The zero-order valence-electron chi connectivity index (χ0n) is 11.4. The molecule has 2 rings (SSSR count). The fraction of sp³-hybridized carbons (Fsp3) is 0.188. The van der Waals surface area contributed by atoms with Crippen molar-refractivity contribution < 1.29 is 9.53 Å². The summed E-state index contributed by atoms with van der Waals surface area (Å²) in [6.07, 6.45) is 0. The standard InChI is InChI=1S/C16H16BrNO2/c1-11-7-8-13(9-12(11)2)18-16(19)10-20-15-6-4-3-5-14(15)17/h3-9H,10H2,1-2H3,(H,18,19). The van der Waals surface area contributed by atoms with Gasteiger partial charge in [0.15, 0.2) is 6.61 Å². The Morgan fingerprint density at radius 1 is 1.15 bits per heavy atom. The molecule has 0 heterocycles. The summed E-state index contributed by atoms with van der Waals surface area (Å²) in [6, 6.07) is 13.3. The van der Waals surface area contributed by atoms with Crippen molar-refractivity contribution in [1.29, 1.82) is 0 Å². The lowest BCUT2D eigenvalue weighted by molar-refractivity contribution is -0.118. The van der Waals surface area contributed by atoms with Gasteiger partial charge in [-0.05, 0) is 65.2 Å². The fourth-order valence-corrected chi connectivity index (χ4v) is 2.12. The Bertz CT molecular complexity index is 626. The Hall–Kier alpha value is -1.81. The van der Waals surface area contributed by atoms with Crippen molar-refractivity contribution in [1.82, 2.24) is 0 Å². The molecule has 0 aliphatic rings. The van der Waals surface area contributed by atoms with Crippen LogP contribution in [0.25, 0.3) is 0 Å². The van der Waals surface area contributed by atoms with Crippen molar-refractivity contribution in [2.24, 2.45) is 0 Å². The first-order valence-electron chi connectivity index (χ1n) is 6.30. The monoisotopic (exact) mass is 333 g/mol. The molecule has 1 N–H and O–H groups in total. The van der Waals surface area contributed by atoms with Gasteiger partial charge in [0.05, 0.1) is 4.47 Å². The molecule has 2 aromatic carbocycles. The number of ether oxygens (including phenoxy) is 1. The summed E-state index contributed by atoms with van der Waals surface area (Å²) in [5, 5.41) is 2.82. The molecule has 0 spiro atoms. The van der Waals surface area contributed by atoms with Crippen LogP contribution in [-0.2, 0) is 4.79 Å². The van der Waals surface area contributed by atoms with Crippen LogP contribution < -0.4 is 10.1 Å². The van der Waals surface area contributed by atoms with Gasteiger partial charge in [-0.25, -0.2) is 0 Å². The normalized spacial score (nSPS) is 10.2. The maximum Gasteiger partial charge on any atom is 0.262 e. The minimum atomic E-state index is -0.177. The molecule has 0 fully saturated rings. The first-order valence-corrected chi connectivity index (χ1v) is 7.10. The first kappa shape index (κ1) is 14.6. The molecular formula is C16H16BrNO2. The second kappa shape index (κ2) is 6.57. The number of para-hydroxylation sites is 1. The van der Waals surface area contributed by atoms with Crippen LogP contribution in [0.5, 0.6) is 5.75 Å². The second-order valence-corrected chi connectivity index (χ2v) is 5.42. The molecule has 104 valence electrons. The molecule has 20 heavy (non-hydrogen) atoms. The van der Waals surface area contributed by atoms with Crippen molar-refractivity contribution in [3.05, 3.63) is 58.1 Å². The van der Waals surface area contributed by atoms with Gasteiger partial charge >= 0.3 is 0 Å². The highest BCUT2D eigenvalue weighted by Crippen LogP contribution is 2.23. The number of nitrogens with one attached hydrogen (secondary N) is 1. The maximum absolute atomic E-state index is 11.8. The topological polar surface area (TPSA) is 38.3 Å². The summed E-state index contributed by atoms with van der Waals surface area (Å²) >= 11 is 3.37. The van der Waals surface area contributed by atoms with Crippen LogP contribution in [0.15, 0.2) is 46.9 Å². The fourth-order valence-electron chi connectivity index (χ4n) is 1.72. The van der Waals surface area contributed by atoms with Crippen LogP contribution in [0.4, 0.5) is 5.69 Å². The lowest BCUT2D eigenvalue weighted by Crippen LogP contribution is -2.20. The highest BCUT2D eigenvalue weighted by molar-refractivity contribution is 9.10. The van der Waals surface area contributed by atoms with Gasteiger partial charge in [-0.2, -0.15) is 0 Å². The summed E-state index contributed by atoms with van der Waals surface area (Å²) in [4.78, 5) is 11.8. The number of rotatable bonds is 4. The molecule has 0 aliphatic heterocycles. The lowest BCUT2D eigenvalue weighted by Gasteiger charge is -2.10. The first-order chi connectivity index (χ1) is 9.56. The number of carbonyl (C=O) groups excluding carboxylic acids is 1. The Balaban J connectivity index is 1.93. The Labute approximate surface area is 127 Å². The van der Waals surface area contributed by atoms with Gasteiger partial charge < -0.3 is 10.1 Å². The van der Waals surface area contributed by atoms with Crippen LogP contribution >= 0.6 is 15.9 Å².